The first-order valence-corrected chi connectivity index (χ1v) is 6.89. The van der Waals surface area contributed by atoms with Crippen molar-refractivity contribution in [2.24, 2.45) is 5.10 Å². The second-order valence-electron chi connectivity index (χ2n) is 4.10. The minimum Gasteiger partial charge on any atom is -0.315 e. The third-order valence-electron chi connectivity index (χ3n) is 2.58. The van der Waals surface area contributed by atoms with Crippen molar-refractivity contribution in [3.05, 3.63) is 52.0 Å². The van der Waals surface area contributed by atoms with Crippen molar-refractivity contribution in [1.82, 2.24) is 5.43 Å². The molecule has 108 valence electrons. The van der Waals surface area contributed by atoms with Crippen molar-refractivity contribution in [1.29, 1.82) is 0 Å². The SMILES string of the molecule is Cc1ccsc1/C=N\NC(=O)C(=O)Nc1ccccc1F. The van der Waals surface area contributed by atoms with Crippen LogP contribution in [0.15, 0.2) is 40.8 Å². The Morgan fingerprint density at radius 2 is 2.00 bits per heavy atom. The van der Waals surface area contributed by atoms with Crippen LogP contribution in [0.5, 0.6) is 0 Å². The lowest BCUT2D eigenvalue weighted by Crippen LogP contribution is -2.32. The summed E-state index contributed by atoms with van der Waals surface area (Å²) >= 11 is 1.46. The average Bonchev–Trinajstić information content (AvgIpc) is 2.87. The Bertz CT molecular complexity index is 697. The van der Waals surface area contributed by atoms with E-state index in [9.17, 15) is 14.0 Å². The smallest absolute Gasteiger partial charge is 0.315 e. The molecule has 0 aliphatic carbocycles. The van der Waals surface area contributed by atoms with Gasteiger partial charge in [-0.2, -0.15) is 5.10 Å². The number of anilines is 1. The molecule has 5 nitrogen and oxygen atoms in total. The number of hydrogen-bond acceptors (Lipinski definition) is 4. The Morgan fingerprint density at radius 1 is 1.24 bits per heavy atom. The molecular formula is C14H12FN3O2S. The van der Waals surface area contributed by atoms with Crippen LogP contribution in [-0.2, 0) is 9.59 Å². The van der Waals surface area contributed by atoms with Crippen LogP contribution in [0.25, 0.3) is 0 Å². The predicted molar refractivity (Wildman–Crippen MR) is 79.8 cm³/mol. The summed E-state index contributed by atoms with van der Waals surface area (Å²) in [4.78, 5) is 24.0. The van der Waals surface area contributed by atoms with Crippen LogP contribution in [0.3, 0.4) is 0 Å². The Morgan fingerprint density at radius 3 is 2.67 bits per heavy atom. The van der Waals surface area contributed by atoms with Crippen molar-refractivity contribution in [3.63, 3.8) is 0 Å². The second-order valence-corrected chi connectivity index (χ2v) is 5.05. The first kappa shape index (κ1) is 14.9. The Kier molecular flexibility index (Phi) is 4.78. The van der Waals surface area contributed by atoms with Gasteiger partial charge in [0.25, 0.3) is 0 Å². The minimum atomic E-state index is -0.986. The molecule has 0 saturated heterocycles. The van der Waals surface area contributed by atoms with Crippen LogP contribution in [0.4, 0.5) is 10.1 Å². The highest BCUT2D eigenvalue weighted by atomic mass is 32.1. The molecule has 0 fully saturated rings. The number of aryl methyl sites for hydroxylation is 1. The van der Waals surface area contributed by atoms with Crippen molar-refractivity contribution in [3.8, 4) is 0 Å². The lowest BCUT2D eigenvalue weighted by Gasteiger charge is -2.04. The van der Waals surface area contributed by atoms with Gasteiger partial charge in [-0.3, -0.25) is 9.59 Å². The number of rotatable bonds is 3. The van der Waals surface area contributed by atoms with E-state index in [4.69, 9.17) is 0 Å². The molecular weight excluding hydrogens is 293 g/mol. The monoisotopic (exact) mass is 305 g/mol. The molecule has 0 atom stereocenters. The molecule has 0 bridgehead atoms. The summed E-state index contributed by atoms with van der Waals surface area (Å²) in [5, 5.41) is 7.75. The average molecular weight is 305 g/mol. The number of thiophene rings is 1. The zero-order chi connectivity index (χ0) is 15.2. The van der Waals surface area contributed by atoms with Crippen LogP contribution < -0.4 is 10.7 Å². The number of halogens is 1. The molecule has 1 heterocycles. The van der Waals surface area contributed by atoms with Gasteiger partial charge in [0.1, 0.15) is 5.82 Å². The Labute approximate surface area is 124 Å². The van der Waals surface area contributed by atoms with Crippen LogP contribution in [0.2, 0.25) is 0 Å². The fourth-order valence-electron chi connectivity index (χ4n) is 1.46. The number of carbonyl (C=O) groups is 2. The molecule has 0 aliphatic rings. The molecule has 1 aromatic heterocycles. The van der Waals surface area contributed by atoms with Gasteiger partial charge in [0.05, 0.1) is 11.9 Å². The van der Waals surface area contributed by atoms with Crippen molar-refractivity contribution in [2.45, 2.75) is 6.92 Å². The molecule has 1 aromatic carbocycles. The lowest BCUT2D eigenvalue weighted by atomic mass is 10.3. The third kappa shape index (κ3) is 3.96. The number of benzene rings is 1. The summed E-state index contributed by atoms with van der Waals surface area (Å²) in [5.74, 6) is -2.57. The number of nitrogens with zero attached hydrogens (tertiary/aromatic N) is 1. The van der Waals surface area contributed by atoms with Crippen LogP contribution >= 0.6 is 11.3 Å². The van der Waals surface area contributed by atoms with Gasteiger partial charge in [0.15, 0.2) is 0 Å². The molecule has 2 aromatic rings. The van der Waals surface area contributed by atoms with E-state index >= 15 is 0 Å². The predicted octanol–water partition coefficient (Wildman–Crippen LogP) is 2.28. The van der Waals surface area contributed by atoms with Crippen LogP contribution in [0, 0.1) is 12.7 Å². The standard InChI is InChI=1S/C14H12FN3O2S/c1-9-6-7-21-12(9)8-16-18-14(20)13(19)17-11-5-3-2-4-10(11)15/h2-8H,1H3,(H,17,19)(H,18,20)/b16-8-. The number of nitrogens with one attached hydrogen (secondary N) is 2. The summed E-state index contributed by atoms with van der Waals surface area (Å²) < 4.78 is 13.3. The quantitative estimate of drug-likeness (QED) is 0.519. The number of amides is 2. The third-order valence-corrected chi connectivity index (χ3v) is 3.53. The largest absolute Gasteiger partial charge is 0.329 e. The van der Waals surface area contributed by atoms with Crippen molar-refractivity contribution >= 4 is 35.1 Å². The molecule has 7 heteroatoms. The van der Waals surface area contributed by atoms with Gasteiger partial charge in [-0.15, -0.1) is 11.3 Å². The van der Waals surface area contributed by atoms with E-state index in [1.807, 2.05) is 18.4 Å². The Hall–Kier alpha value is -2.54. The minimum absolute atomic E-state index is 0.0595. The maximum absolute atomic E-state index is 13.3. The first-order chi connectivity index (χ1) is 10.1. The van der Waals surface area contributed by atoms with E-state index in [0.717, 1.165) is 10.4 Å². The summed E-state index contributed by atoms with van der Waals surface area (Å²) in [7, 11) is 0. The zero-order valence-corrected chi connectivity index (χ0v) is 11.9. The fraction of sp³-hybridized carbons (Fsp3) is 0.0714. The van der Waals surface area contributed by atoms with Gasteiger partial charge < -0.3 is 5.32 Å². The summed E-state index contributed by atoms with van der Waals surface area (Å²) in [5.41, 5.74) is 3.05. The zero-order valence-electron chi connectivity index (χ0n) is 11.1. The van der Waals surface area contributed by atoms with Gasteiger partial charge in [0, 0.05) is 4.88 Å². The van der Waals surface area contributed by atoms with Gasteiger partial charge in [-0.25, -0.2) is 9.82 Å². The summed E-state index contributed by atoms with van der Waals surface area (Å²) in [6, 6.07) is 7.50. The summed E-state index contributed by atoms with van der Waals surface area (Å²) in [6.07, 6.45) is 1.45. The van der Waals surface area contributed by atoms with E-state index in [2.05, 4.69) is 15.8 Å². The van der Waals surface area contributed by atoms with Gasteiger partial charge in [-0.1, -0.05) is 12.1 Å². The van der Waals surface area contributed by atoms with Crippen LogP contribution in [-0.4, -0.2) is 18.0 Å². The fourth-order valence-corrected chi connectivity index (χ4v) is 2.24. The molecule has 21 heavy (non-hydrogen) atoms. The number of para-hydroxylation sites is 1. The maximum Gasteiger partial charge on any atom is 0.329 e. The lowest BCUT2D eigenvalue weighted by molar-refractivity contribution is -0.136. The van der Waals surface area contributed by atoms with Crippen LogP contribution in [0.1, 0.15) is 10.4 Å². The van der Waals surface area contributed by atoms with Gasteiger partial charge in [0.2, 0.25) is 0 Å². The van der Waals surface area contributed by atoms with Gasteiger partial charge in [-0.05, 0) is 36.1 Å². The molecule has 2 N–H and O–H groups in total. The topological polar surface area (TPSA) is 70.6 Å². The van der Waals surface area contributed by atoms with E-state index in [-0.39, 0.29) is 5.69 Å². The Balaban J connectivity index is 1.92. The van der Waals surface area contributed by atoms with Crippen molar-refractivity contribution in [2.75, 3.05) is 5.32 Å². The normalized spacial score (nSPS) is 10.6. The molecule has 0 saturated carbocycles. The molecule has 0 aliphatic heterocycles. The molecule has 2 amide bonds. The number of hydrazone groups is 1. The number of hydrogen-bond donors (Lipinski definition) is 2. The highest BCUT2D eigenvalue weighted by Gasteiger charge is 2.14. The number of carbonyl (C=O) groups excluding carboxylic acids is 2. The molecule has 0 unspecified atom stereocenters. The molecule has 0 radical (unpaired) electrons. The van der Waals surface area contributed by atoms with E-state index < -0.39 is 17.6 Å². The highest BCUT2D eigenvalue weighted by molar-refractivity contribution is 7.11. The van der Waals surface area contributed by atoms with Gasteiger partial charge >= 0.3 is 11.8 Å². The molecule has 0 spiro atoms. The van der Waals surface area contributed by atoms with E-state index in [1.165, 1.54) is 35.8 Å². The maximum atomic E-state index is 13.3. The molecule has 2 rings (SSSR count). The van der Waals surface area contributed by atoms with E-state index in [1.54, 1.807) is 6.07 Å². The summed E-state index contributed by atoms with van der Waals surface area (Å²) in [6.45, 7) is 1.91. The van der Waals surface area contributed by atoms with E-state index in [0.29, 0.717) is 0 Å². The second kappa shape index (κ2) is 6.76. The first-order valence-electron chi connectivity index (χ1n) is 6.01. The highest BCUT2D eigenvalue weighted by Crippen LogP contribution is 2.13. The van der Waals surface area contributed by atoms with Crippen molar-refractivity contribution < 1.29 is 14.0 Å².